The molecule has 1 aromatic rings. The summed E-state index contributed by atoms with van der Waals surface area (Å²) in [7, 11) is 2.03. The van der Waals surface area contributed by atoms with E-state index < -0.39 is 0 Å². The molecular weight excluding hydrogens is 236 g/mol. The number of piperidine rings is 1. The second kappa shape index (κ2) is 5.33. The van der Waals surface area contributed by atoms with Crippen molar-refractivity contribution in [3.63, 3.8) is 0 Å². The van der Waals surface area contributed by atoms with Crippen LogP contribution in [0.25, 0.3) is 0 Å². The van der Waals surface area contributed by atoms with Crippen LogP contribution in [0.5, 0.6) is 0 Å². The van der Waals surface area contributed by atoms with E-state index in [1.807, 2.05) is 25.2 Å². The standard InChI is InChI=1S/C16H24N2O/c1-12(19)13-7-5-8-14(11-13)18-10-6-9-15(17-4)16(18,2)3/h5,7-8,11,15,17H,6,9-10H2,1-4H3. The molecule has 2 rings (SSSR count). The van der Waals surface area contributed by atoms with Crippen LogP contribution in [0.2, 0.25) is 0 Å². The van der Waals surface area contributed by atoms with Gasteiger partial charge in [-0.1, -0.05) is 12.1 Å². The zero-order chi connectivity index (χ0) is 14.0. The van der Waals surface area contributed by atoms with Gasteiger partial charge in [0.05, 0.1) is 0 Å². The molecule has 1 fully saturated rings. The van der Waals surface area contributed by atoms with Crippen LogP contribution in [-0.4, -0.2) is 31.0 Å². The summed E-state index contributed by atoms with van der Waals surface area (Å²) in [6.45, 7) is 7.21. The number of anilines is 1. The third kappa shape index (κ3) is 2.66. The molecule has 0 saturated carbocycles. The SMILES string of the molecule is CNC1CCCN(c2cccc(C(C)=O)c2)C1(C)C. The average Bonchev–Trinajstić information content (AvgIpc) is 2.38. The molecule has 1 heterocycles. The Morgan fingerprint density at radius 1 is 1.42 bits per heavy atom. The number of nitrogens with one attached hydrogen (secondary N) is 1. The van der Waals surface area contributed by atoms with Crippen molar-refractivity contribution < 1.29 is 4.79 Å². The van der Waals surface area contributed by atoms with Gasteiger partial charge in [0.1, 0.15) is 0 Å². The second-order valence-electron chi connectivity index (χ2n) is 5.90. The van der Waals surface area contributed by atoms with Crippen molar-refractivity contribution in [3.05, 3.63) is 29.8 Å². The Bertz CT molecular complexity index is 468. The number of ketones is 1. The minimum atomic E-state index is 0.0579. The highest BCUT2D eigenvalue weighted by Crippen LogP contribution is 2.33. The molecular formula is C16H24N2O. The van der Waals surface area contributed by atoms with Crippen LogP contribution in [0.3, 0.4) is 0 Å². The summed E-state index contributed by atoms with van der Waals surface area (Å²) >= 11 is 0. The Balaban J connectivity index is 2.34. The van der Waals surface area contributed by atoms with E-state index >= 15 is 0 Å². The van der Waals surface area contributed by atoms with E-state index in [1.165, 1.54) is 12.8 Å². The third-order valence-electron chi connectivity index (χ3n) is 4.34. The lowest BCUT2D eigenvalue weighted by Crippen LogP contribution is -2.60. The van der Waals surface area contributed by atoms with Gasteiger partial charge in [0.25, 0.3) is 0 Å². The van der Waals surface area contributed by atoms with Crippen LogP contribution < -0.4 is 10.2 Å². The highest BCUT2D eigenvalue weighted by Gasteiger charge is 2.37. The maximum atomic E-state index is 11.5. The first-order valence-corrected chi connectivity index (χ1v) is 7.02. The molecule has 1 aliphatic rings. The molecule has 3 nitrogen and oxygen atoms in total. The van der Waals surface area contributed by atoms with Crippen LogP contribution in [0.4, 0.5) is 5.69 Å². The lowest BCUT2D eigenvalue weighted by atomic mass is 9.84. The Kier molecular flexibility index (Phi) is 3.95. The first-order chi connectivity index (χ1) is 8.96. The maximum absolute atomic E-state index is 11.5. The molecule has 0 aliphatic carbocycles. The van der Waals surface area contributed by atoms with Crippen LogP contribution in [0.15, 0.2) is 24.3 Å². The van der Waals surface area contributed by atoms with Gasteiger partial charge in [-0.05, 0) is 52.8 Å². The minimum Gasteiger partial charge on any atom is -0.365 e. The van der Waals surface area contributed by atoms with E-state index in [0.29, 0.717) is 6.04 Å². The quantitative estimate of drug-likeness (QED) is 0.848. The van der Waals surface area contributed by atoms with E-state index in [9.17, 15) is 4.79 Å². The molecule has 3 heteroatoms. The van der Waals surface area contributed by atoms with Crippen molar-refractivity contribution in [2.24, 2.45) is 0 Å². The number of hydrogen-bond donors (Lipinski definition) is 1. The van der Waals surface area contributed by atoms with Crippen molar-refractivity contribution in [2.75, 3.05) is 18.5 Å². The highest BCUT2D eigenvalue weighted by molar-refractivity contribution is 5.95. The van der Waals surface area contributed by atoms with Gasteiger partial charge in [0.2, 0.25) is 0 Å². The first kappa shape index (κ1) is 14.1. The van der Waals surface area contributed by atoms with Crippen LogP contribution in [0, 0.1) is 0 Å². The lowest BCUT2D eigenvalue weighted by molar-refractivity contribution is 0.101. The summed E-state index contributed by atoms with van der Waals surface area (Å²) in [6, 6.07) is 8.46. The molecule has 0 amide bonds. The fourth-order valence-electron chi connectivity index (χ4n) is 3.14. The van der Waals surface area contributed by atoms with Crippen molar-refractivity contribution >= 4 is 11.5 Å². The van der Waals surface area contributed by atoms with Crippen molar-refractivity contribution in [1.82, 2.24) is 5.32 Å². The molecule has 0 bridgehead atoms. The van der Waals surface area contributed by atoms with Gasteiger partial charge in [-0.2, -0.15) is 0 Å². The molecule has 0 spiro atoms. The molecule has 104 valence electrons. The molecule has 1 aliphatic heterocycles. The van der Waals surface area contributed by atoms with Gasteiger partial charge in [0, 0.05) is 29.4 Å². The summed E-state index contributed by atoms with van der Waals surface area (Å²) < 4.78 is 0. The number of nitrogens with zero attached hydrogens (tertiary/aromatic N) is 1. The van der Waals surface area contributed by atoms with Crippen molar-refractivity contribution in [2.45, 2.75) is 45.2 Å². The molecule has 1 saturated heterocycles. The van der Waals surface area contributed by atoms with Gasteiger partial charge >= 0.3 is 0 Å². The fraction of sp³-hybridized carbons (Fsp3) is 0.562. The van der Waals surface area contributed by atoms with Crippen molar-refractivity contribution in [1.29, 1.82) is 0 Å². The molecule has 1 N–H and O–H groups in total. The fourth-order valence-corrected chi connectivity index (χ4v) is 3.14. The number of likely N-dealkylation sites (N-methyl/N-ethyl adjacent to an activating group) is 1. The van der Waals surface area contributed by atoms with Gasteiger partial charge in [-0.15, -0.1) is 0 Å². The number of Topliss-reactive ketones (excluding diaryl/α,β-unsaturated/α-hetero) is 1. The highest BCUT2D eigenvalue weighted by atomic mass is 16.1. The molecule has 19 heavy (non-hydrogen) atoms. The van der Waals surface area contributed by atoms with E-state index in [4.69, 9.17) is 0 Å². The zero-order valence-corrected chi connectivity index (χ0v) is 12.4. The molecule has 0 aromatic heterocycles. The minimum absolute atomic E-state index is 0.0579. The van der Waals surface area contributed by atoms with E-state index in [2.05, 4.69) is 30.1 Å². The van der Waals surface area contributed by atoms with E-state index in [0.717, 1.165) is 17.8 Å². The van der Waals surface area contributed by atoms with Gasteiger partial charge in [-0.3, -0.25) is 4.79 Å². The third-order valence-corrected chi connectivity index (χ3v) is 4.34. The number of carbonyl (C=O) groups excluding carboxylic acids is 1. The topological polar surface area (TPSA) is 32.3 Å². The van der Waals surface area contributed by atoms with E-state index in [-0.39, 0.29) is 11.3 Å². The Labute approximate surface area is 116 Å². The van der Waals surface area contributed by atoms with Crippen LogP contribution in [0.1, 0.15) is 44.0 Å². The number of benzene rings is 1. The summed E-state index contributed by atoms with van der Waals surface area (Å²) in [5.74, 6) is 0.127. The maximum Gasteiger partial charge on any atom is 0.159 e. The molecule has 0 radical (unpaired) electrons. The second-order valence-corrected chi connectivity index (χ2v) is 5.90. The molecule has 1 unspecified atom stereocenters. The van der Waals surface area contributed by atoms with Gasteiger partial charge < -0.3 is 10.2 Å². The molecule has 1 atom stereocenters. The smallest absolute Gasteiger partial charge is 0.159 e. The van der Waals surface area contributed by atoms with Crippen LogP contribution in [-0.2, 0) is 0 Å². The molecule has 1 aromatic carbocycles. The summed E-state index contributed by atoms with van der Waals surface area (Å²) in [4.78, 5) is 14.0. The summed E-state index contributed by atoms with van der Waals surface area (Å²) in [5, 5.41) is 3.42. The predicted molar refractivity (Wildman–Crippen MR) is 80.0 cm³/mol. The zero-order valence-electron chi connectivity index (χ0n) is 12.4. The Morgan fingerprint density at radius 2 is 2.16 bits per heavy atom. The lowest BCUT2D eigenvalue weighted by Gasteiger charge is -2.49. The summed E-state index contributed by atoms with van der Waals surface area (Å²) in [6.07, 6.45) is 2.38. The summed E-state index contributed by atoms with van der Waals surface area (Å²) in [5.41, 5.74) is 2.00. The largest absolute Gasteiger partial charge is 0.365 e. The monoisotopic (exact) mass is 260 g/mol. The van der Waals surface area contributed by atoms with E-state index in [1.54, 1.807) is 6.92 Å². The van der Waals surface area contributed by atoms with Gasteiger partial charge in [0.15, 0.2) is 5.78 Å². The van der Waals surface area contributed by atoms with Crippen molar-refractivity contribution in [3.8, 4) is 0 Å². The number of carbonyl (C=O) groups is 1. The van der Waals surface area contributed by atoms with Gasteiger partial charge in [-0.25, -0.2) is 0 Å². The normalized spacial score (nSPS) is 22.3. The average molecular weight is 260 g/mol. The number of rotatable bonds is 3. The predicted octanol–water partition coefficient (Wildman–Crippen LogP) is 2.86. The number of hydrogen-bond acceptors (Lipinski definition) is 3. The Hall–Kier alpha value is -1.35. The first-order valence-electron chi connectivity index (χ1n) is 7.02. The van der Waals surface area contributed by atoms with Crippen LogP contribution >= 0.6 is 0 Å². The Morgan fingerprint density at radius 3 is 2.79 bits per heavy atom.